The second-order valence-corrected chi connectivity index (χ2v) is 5.29. The van der Waals surface area contributed by atoms with Crippen LogP contribution in [0.4, 0.5) is 5.82 Å². The number of rotatable bonds is 7. The standard InChI is InChI=1S/C13H14BrN3O4/c14-12-7-16(15-13(12)17(19)20)6-11(18)9-21-8-10-4-2-1-3-5-10/h1-5,7,11,18H,6,8-9H2. The van der Waals surface area contributed by atoms with Crippen molar-refractivity contribution < 1.29 is 14.8 Å². The number of aromatic nitrogens is 2. The molecular weight excluding hydrogens is 342 g/mol. The molecule has 7 nitrogen and oxygen atoms in total. The monoisotopic (exact) mass is 355 g/mol. The lowest BCUT2D eigenvalue weighted by molar-refractivity contribution is -0.390. The number of aliphatic hydroxyl groups excluding tert-OH is 1. The first-order valence-electron chi connectivity index (χ1n) is 6.23. The quantitative estimate of drug-likeness (QED) is 0.606. The molecule has 112 valence electrons. The highest BCUT2D eigenvalue weighted by atomic mass is 79.9. The highest BCUT2D eigenvalue weighted by Gasteiger charge is 2.20. The molecule has 1 unspecified atom stereocenters. The molecule has 0 amide bonds. The number of benzene rings is 1. The Kier molecular flexibility index (Phi) is 5.43. The Hall–Kier alpha value is -1.77. The topological polar surface area (TPSA) is 90.4 Å². The van der Waals surface area contributed by atoms with Crippen LogP contribution in [0.25, 0.3) is 0 Å². The van der Waals surface area contributed by atoms with Gasteiger partial charge in [0.05, 0.1) is 37.2 Å². The fourth-order valence-electron chi connectivity index (χ4n) is 1.76. The number of nitro groups is 1. The summed E-state index contributed by atoms with van der Waals surface area (Å²) in [5, 5.41) is 24.3. The predicted molar refractivity (Wildman–Crippen MR) is 78.7 cm³/mol. The smallest absolute Gasteiger partial charge is 0.389 e. The molecule has 1 aromatic heterocycles. The van der Waals surface area contributed by atoms with E-state index < -0.39 is 11.0 Å². The summed E-state index contributed by atoms with van der Waals surface area (Å²) in [7, 11) is 0. The van der Waals surface area contributed by atoms with E-state index in [0.29, 0.717) is 6.61 Å². The molecule has 0 bridgehead atoms. The van der Waals surface area contributed by atoms with E-state index in [1.807, 2.05) is 30.3 Å². The van der Waals surface area contributed by atoms with E-state index in [4.69, 9.17) is 4.74 Å². The van der Waals surface area contributed by atoms with E-state index in [0.717, 1.165) is 5.56 Å². The van der Waals surface area contributed by atoms with Crippen molar-refractivity contribution in [3.63, 3.8) is 0 Å². The van der Waals surface area contributed by atoms with Crippen molar-refractivity contribution in [2.45, 2.75) is 19.3 Å². The van der Waals surface area contributed by atoms with Crippen molar-refractivity contribution in [1.82, 2.24) is 9.78 Å². The molecule has 1 aromatic carbocycles. The minimum absolute atomic E-state index is 0.125. The van der Waals surface area contributed by atoms with Gasteiger partial charge in [-0.1, -0.05) is 30.3 Å². The molecule has 0 aliphatic carbocycles. The molecule has 1 atom stereocenters. The summed E-state index contributed by atoms with van der Waals surface area (Å²) in [6.07, 6.45) is 0.665. The largest absolute Gasteiger partial charge is 0.404 e. The number of aliphatic hydroxyl groups is 1. The van der Waals surface area contributed by atoms with Gasteiger partial charge in [-0.3, -0.25) is 0 Å². The normalized spacial score (nSPS) is 12.3. The van der Waals surface area contributed by atoms with E-state index in [1.165, 1.54) is 10.9 Å². The van der Waals surface area contributed by atoms with Crippen molar-refractivity contribution >= 4 is 21.7 Å². The average Bonchev–Trinajstić information content (AvgIpc) is 2.81. The van der Waals surface area contributed by atoms with Crippen LogP contribution in [0, 0.1) is 10.1 Å². The third-order valence-electron chi connectivity index (χ3n) is 2.69. The first-order valence-corrected chi connectivity index (χ1v) is 7.02. The van der Waals surface area contributed by atoms with Gasteiger partial charge in [0.1, 0.15) is 4.47 Å². The molecular formula is C13H14BrN3O4. The van der Waals surface area contributed by atoms with Crippen LogP contribution >= 0.6 is 15.9 Å². The Morgan fingerprint density at radius 3 is 2.76 bits per heavy atom. The highest BCUT2D eigenvalue weighted by Crippen LogP contribution is 2.22. The Bertz CT molecular complexity index is 603. The number of ether oxygens (including phenoxy) is 1. The molecule has 21 heavy (non-hydrogen) atoms. The van der Waals surface area contributed by atoms with E-state index in [-0.39, 0.29) is 23.4 Å². The maximum absolute atomic E-state index is 10.7. The zero-order valence-corrected chi connectivity index (χ0v) is 12.6. The van der Waals surface area contributed by atoms with Gasteiger partial charge in [-0.05, 0) is 26.4 Å². The first kappa shape index (κ1) is 15.6. The molecule has 0 saturated heterocycles. The summed E-state index contributed by atoms with van der Waals surface area (Å²) in [6, 6.07) is 9.60. The molecule has 1 heterocycles. The molecule has 1 N–H and O–H groups in total. The molecule has 0 aliphatic heterocycles. The molecule has 0 spiro atoms. The van der Waals surface area contributed by atoms with Crippen LogP contribution in [-0.2, 0) is 17.9 Å². The van der Waals surface area contributed by atoms with Crippen LogP contribution in [0.5, 0.6) is 0 Å². The molecule has 2 rings (SSSR count). The first-order chi connectivity index (χ1) is 10.1. The number of hydrogen-bond donors (Lipinski definition) is 1. The lowest BCUT2D eigenvalue weighted by Crippen LogP contribution is -2.22. The summed E-state index contributed by atoms with van der Waals surface area (Å²) < 4.78 is 7.00. The molecule has 8 heteroatoms. The number of nitrogens with zero attached hydrogens (tertiary/aromatic N) is 3. The maximum Gasteiger partial charge on any atom is 0.404 e. The molecule has 0 aliphatic rings. The van der Waals surface area contributed by atoms with Crippen molar-refractivity contribution in [2.75, 3.05) is 6.61 Å². The van der Waals surface area contributed by atoms with Gasteiger partial charge in [0.2, 0.25) is 0 Å². The van der Waals surface area contributed by atoms with Crippen molar-refractivity contribution in [1.29, 1.82) is 0 Å². The average molecular weight is 356 g/mol. The van der Waals surface area contributed by atoms with Gasteiger partial charge in [-0.2, -0.15) is 4.68 Å². The van der Waals surface area contributed by atoms with Crippen LogP contribution in [0.2, 0.25) is 0 Å². The van der Waals surface area contributed by atoms with Crippen LogP contribution in [0.3, 0.4) is 0 Å². The van der Waals surface area contributed by atoms with Gasteiger partial charge in [0.15, 0.2) is 0 Å². The molecule has 0 saturated carbocycles. The van der Waals surface area contributed by atoms with Crippen LogP contribution < -0.4 is 0 Å². The van der Waals surface area contributed by atoms with Gasteiger partial charge in [-0.15, -0.1) is 0 Å². The Morgan fingerprint density at radius 1 is 1.43 bits per heavy atom. The minimum Gasteiger partial charge on any atom is -0.389 e. The maximum atomic E-state index is 10.7. The minimum atomic E-state index is -0.792. The summed E-state index contributed by atoms with van der Waals surface area (Å²) in [6.45, 7) is 0.655. The van der Waals surface area contributed by atoms with E-state index in [2.05, 4.69) is 21.0 Å². The number of halogens is 1. The van der Waals surface area contributed by atoms with Gasteiger partial charge in [0, 0.05) is 0 Å². The fraction of sp³-hybridized carbons (Fsp3) is 0.308. The van der Waals surface area contributed by atoms with Gasteiger partial charge in [0.25, 0.3) is 0 Å². The Labute approximate surface area is 129 Å². The van der Waals surface area contributed by atoms with Gasteiger partial charge >= 0.3 is 5.82 Å². The third-order valence-corrected chi connectivity index (χ3v) is 3.25. The predicted octanol–water partition coefficient (Wildman–Crippen LogP) is 2.13. The van der Waals surface area contributed by atoms with Crippen LogP contribution in [-0.4, -0.2) is 32.5 Å². The van der Waals surface area contributed by atoms with E-state index >= 15 is 0 Å². The summed E-state index contributed by atoms with van der Waals surface area (Å²) in [5.41, 5.74) is 1.02. The second kappa shape index (κ2) is 7.30. The molecule has 0 fully saturated rings. The summed E-state index contributed by atoms with van der Waals surface area (Å²) in [5.74, 6) is -0.271. The van der Waals surface area contributed by atoms with Crippen LogP contribution in [0.1, 0.15) is 5.56 Å². The molecule has 2 aromatic rings. The van der Waals surface area contributed by atoms with E-state index in [1.54, 1.807) is 0 Å². The van der Waals surface area contributed by atoms with Gasteiger partial charge in [-0.25, -0.2) is 0 Å². The van der Waals surface area contributed by atoms with Gasteiger partial charge < -0.3 is 20.0 Å². The zero-order valence-electron chi connectivity index (χ0n) is 11.1. The lowest BCUT2D eigenvalue weighted by Gasteiger charge is -2.09. The zero-order chi connectivity index (χ0) is 15.2. The number of hydrogen-bond acceptors (Lipinski definition) is 5. The Morgan fingerprint density at radius 2 is 2.14 bits per heavy atom. The Balaban J connectivity index is 1.80. The van der Waals surface area contributed by atoms with Crippen LogP contribution in [0.15, 0.2) is 41.0 Å². The van der Waals surface area contributed by atoms with Crippen molar-refractivity contribution in [3.8, 4) is 0 Å². The lowest BCUT2D eigenvalue weighted by atomic mass is 10.2. The van der Waals surface area contributed by atoms with Crippen molar-refractivity contribution in [2.24, 2.45) is 0 Å². The third kappa shape index (κ3) is 4.62. The highest BCUT2D eigenvalue weighted by molar-refractivity contribution is 9.10. The second-order valence-electron chi connectivity index (χ2n) is 4.43. The van der Waals surface area contributed by atoms with Crippen molar-refractivity contribution in [3.05, 3.63) is 56.7 Å². The SMILES string of the molecule is O=[N+]([O-])c1nn(CC(O)COCc2ccccc2)cc1Br. The summed E-state index contributed by atoms with van der Waals surface area (Å²) in [4.78, 5) is 10.1. The molecule has 0 radical (unpaired) electrons. The van der Waals surface area contributed by atoms with E-state index in [9.17, 15) is 15.2 Å². The summed E-state index contributed by atoms with van der Waals surface area (Å²) >= 11 is 3.05. The fourth-order valence-corrected chi connectivity index (χ4v) is 2.22.